The summed E-state index contributed by atoms with van der Waals surface area (Å²) >= 11 is 0. The van der Waals surface area contributed by atoms with E-state index in [4.69, 9.17) is 10.4 Å². The van der Waals surface area contributed by atoms with E-state index in [-0.39, 0.29) is 24.0 Å². The zero-order chi connectivity index (χ0) is 20.1. The van der Waals surface area contributed by atoms with Crippen molar-refractivity contribution in [2.24, 2.45) is 0 Å². The monoisotopic (exact) mass is 380 g/mol. The molecule has 1 fully saturated rings. The summed E-state index contributed by atoms with van der Waals surface area (Å²) in [6.07, 6.45) is 6.09. The van der Waals surface area contributed by atoms with Crippen molar-refractivity contribution in [2.75, 3.05) is 13.1 Å². The number of amides is 1. The molecule has 0 saturated carbocycles. The molecule has 1 atom stereocenters. The molecule has 28 heavy (non-hydrogen) atoms. The molecule has 0 aliphatic carbocycles. The molecule has 3 heterocycles. The number of hydrogen-bond acceptors (Lipinski definition) is 5. The molecule has 1 N–H and O–H groups in total. The second-order valence-corrected chi connectivity index (χ2v) is 8.00. The highest BCUT2D eigenvalue weighted by molar-refractivity contribution is 5.79. The van der Waals surface area contributed by atoms with E-state index < -0.39 is 0 Å². The quantitative estimate of drug-likeness (QED) is 0.798. The van der Waals surface area contributed by atoms with Crippen molar-refractivity contribution in [3.05, 3.63) is 36.3 Å². The van der Waals surface area contributed by atoms with Crippen LogP contribution in [-0.2, 0) is 11.3 Å². The van der Waals surface area contributed by atoms with Crippen molar-refractivity contribution in [1.82, 2.24) is 25.0 Å². The summed E-state index contributed by atoms with van der Waals surface area (Å²) in [6, 6.07) is 7.93. The van der Waals surface area contributed by atoms with E-state index in [0.717, 1.165) is 42.8 Å². The van der Waals surface area contributed by atoms with Gasteiger partial charge >= 0.3 is 0 Å². The Bertz CT molecular complexity index is 852. The molecule has 2 aromatic heterocycles. The molecule has 0 bridgehead atoms. The Morgan fingerprint density at radius 1 is 1.46 bits per heavy atom. The summed E-state index contributed by atoms with van der Waals surface area (Å²) in [5, 5.41) is 17.2. The van der Waals surface area contributed by atoms with E-state index in [0.29, 0.717) is 6.54 Å². The zero-order valence-electron chi connectivity index (χ0n) is 16.9. The zero-order valence-corrected chi connectivity index (χ0v) is 16.9. The van der Waals surface area contributed by atoms with E-state index >= 15 is 0 Å². The summed E-state index contributed by atoms with van der Waals surface area (Å²) in [5.41, 5.74) is 2.80. The molecule has 1 aliphatic heterocycles. The molecule has 1 amide bonds. The lowest BCUT2D eigenvalue weighted by Crippen LogP contribution is -2.48. The Morgan fingerprint density at radius 2 is 2.29 bits per heavy atom. The summed E-state index contributed by atoms with van der Waals surface area (Å²) in [7, 11) is 0. The van der Waals surface area contributed by atoms with Crippen LogP contribution >= 0.6 is 0 Å². The first kappa shape index (κ1) is 20.0. The van der Waals surface area contributed by atoms with Crippen LogP contribution in [0.25, 0.3) is 11.3 Å². The van der Waals surface area contributed by atoms with Crippen molar-refractivity contribution in [2.45, 2.75) is 58.2 Å². The molecular weight excluding hydrogens is 352 g/mol. The average molecular weight is 380 g/mol. The van der Waals surface area contributed by atoms with Crippen molar-refractivity contribution < 1.29 is 4.79 Å². The lowest BCUT2D eigenvalue weighted by Gasteiger charge is -2.28. The van der Waals surface area contributed by atoms with Gasteiger partial charge in [0.1, 0.15) is 6.04 Å². The third-order valence-electron chi connectivity index (χ3n) is 5.33. The summed E-state index contributed by atoms with van der Waals surface area (Å²) < 4.78 is 2.00. The molecule has 0 aromatic carbocycles. The van der Waals surface area contributed by atoms with Gasteiger partial charge in [-0.1, -0.05) is 0 Å². The second-order valence-electron chi connectivity index (χ2n) is 8.00. The van der Waals surface area contributed by atoms with Gasteiger partial charge in [-0.25, -0.2) is 0 Å². The van der Waals surface area contributed by atoms with E-state index in [1.807, 2.05) is 29.9 Å². The Morgan fingerprint density at radius 3 is 3.00 bits per heavy atom. The van der Waals surface area contributed by atoms with Crippen LogP contribution in [0.5, 0.6) is 0 Å². The normalized spacial score (nSPS) is 16.9. The van der Waals surface area contributed by atoms with Gasteiger partial charge in [-0.05, 0) is 58.2 Å². The second kappa shape index (κ2) is 8.53. The number of likely N-dealkylation sites (tertiary alicyclic amines) is 1. The molecule has 0 spiro atoms. The number of nitrogens with zero attached hydrogens (tertiary/aromatic N) is 5. The largest absolute Gasteiger partial charge is 0.326 e. The first-order valence-electron chi connectivity index (χ1n) is 9.78. The highest BCUT2D eigenvalue weighted by Crippen LogP contribution is 2.20. The van der Waals surface area contributed by atoms with Crippen LogP contribution in [-0.4, -0.2) is 50.2 Å². The summed E-state index contributed by atoms with van der Waals surface area (Å²) in [5.74, 6) is 0.00579. The van der Waals surface area contributed by atoms with Crippen LogP contribution in [0.4, 0.5) is 0 Å². The van der Waals surface area contributed by atoms with E-state index in [1.165, 1.54) is 0 Å². The molecule has 1 aliphatic rings. The number of carbonyl (C=O) groups excluding carboxylic acids is 1. The maximum atomic E-state index is 12.4. The van der Waals surface area contributed by atoms with Crippen LogP contribution < -0.4 is 5.32 Å². The number of nitriles is 1. The number of carbonyl (C=O) groups is 1. The molecule has 3 rings (SSSR count). The summed E-state index contributed by atoms with van der Waals surface area (Å²) in [6.45, 7) is 7.92. The van der Waals surface area contributed by atoms with Gasteiger partial charge in [0.25, 0.3) is 0 Å². The predicted molar refractivity (Wildman–Crippen MR) is 107 cm³/mol. The number of aryl methyl sites for hydroxylation is 2. The highest BCUT2D eigenvalue weighted by atomic mass is 16.2. The third kappa shape index (κ3) is 4.76. The molecular formula is C21H28N6O. The van der Waals surface area contributed by atoms with Crippen LogP contribution in [0.2, 0.25) is 0 Å². The molecule has 0 unspecified atom stereocenters. The Balaban J connectivity index is 1.54. The fourth-order valence-corrected chi connectivity index (χ4v) is 3.48. The van der Waals surface area contributed by atoms with Gasteiger partial charge < -0.3 is 10.2 Å². The minimum absolute atomic E-state index is 0.00579. The minimum Gasteiger partial charge on any atom is -0.326 e. The fraction of sp³-hybridized carbons (Fsp3) is 0.524. The number of pyridine rings is 1. The number of aromatic nitrogens is 3. The van der Waals surface area contributed by atoms with Crippen LogP contribution in [0, 0.1) is 18.3 Å². The van der Waals surface area contributed by atoms with Gasteiger partial charge in [-0.15, -0.1) is 0 Å². The van der Waals surface area contributed by atoms with Crippen molar-refractivity contribution in [1.29, 1.82) is 5.26 Å². The smallest absolute Gasteiger partial charge is 0.237 e. The van der Waals surface area contributed by atoms with Crippen LogP contribution in [0.15, 0.2) is 30.6 Å². The summed E-state index contributed by atoms with van der Waals surface area (Å²) in [4.78, 5) is 18.3. The molecule has 0 radical (unpaired) electrons. The van der Waals surface area contributed by atoms with E-state index in [9.17, 15) is 4.79 Å². The van der Waals surface area contributed by atoms with Crippen LogP contribution in [0.3, 0.4) is 0 Å². The number of rotatable bonds is 7. The SMILES string of the molecule is Cc1cc(-c2cccnc2)nn1CCC(C)(C)NCC(=O)N1CCC[C@H]1C#N. The topological polar surface area (TPSA) is 86.8 Å². The van der Waals surface area contributed by atoms with Gasteiger partial charge in [0.15, 0.2) is 0 Å². The van der Waals surface area contributed by atoms with Crippen molar-refractivity contribution in [3.63, 3.8) is 0 Å². The lowest BCUT2D eigenvalue weighted by molar-refractivity contribution is -0.130. The van der Waals surface area contributed by atoms with Crippen LogP contribution in [0.1, 0.15) is 38.8 Å². The van der Waals surface area contributed by atoms with Gasteiger partial charge in [0.2, 0.25) is 5.91 Å². The fourth-order valence-electron chi connectivity index (χ4n) is 3.48. The molecule has 1 saturated heterocycles. The van der Waals surface area contributed by atoms with Crippen molar-refractivity contribution >= 4 is 5.91 Å². The Kier molecular flexibility index (Phi) is 6.10. The Labute approximate surface area is 166 Å². The number of hydrogen-bond donors (Lipinski definition) is 1. The molecule has 7 nitrogen and oxygen atoms in total. The van der Waals surface area contributed by atoms with Crippen molar-refractivity contribution in [3.8, 4) is 17.3 Å². The first-order valence-corrected chi connectivity index (χ1v) is 9.78. The molecule has 148 valence electrons. The first-order chi connectivity index (χ1) is 13.4. The predicted octanol–water partition coefficient (Wildman–Crippen LogP) is 2.53. The standard InChI is InChI=1S/C21H28N6O/c1-16-12-19(17-6-4-9-23-14-17)25-27(16)11-8-21(2,3)24-15-20(28)26-10-5-7-18(26)13-22/h4,6,9,12,14,18,24H,5,7-8,10-11,15H2,1-3H3/t18-/m0/s1. The Hall–Kier alpha value is -2.72. The van der Waals surface area contributed by atoms with Gasteiger partial charge in [0, 0.05) is 42.3 Å². The van der Waals surface area contributed by atoms with Gasteiger partial charge in [0.05, 0.1) is 18.3 Å². The van der Waals surface area contributed by atoms with Gasteiger partial charge in [-0.2, -0.15) is 10.4 Å². The maximum absolute atomic E-state index is 12.4. The third-order valence-corrected chi connectivity index (χ3v) is 5.33. The van der Waals surface area contributed by atoms with E-state index in [1.54, 1.807) is 11.1 Å². The van der Waals surface area contributed by atoms with Gasteiger partial charge in [-0.3, -0.25) is 14.5 Å². The average Bonchev–Trinajstić information content (AvgIpc) is 3.32. The molecule has 2 aromatic rings. The maximum Gasteiger partial charge on any atom is 0.237 e. The highest BCUT2D eigenvalue weighted by Gasteiger charge is 2.29. The van der Waals surface area contributed by atoms with E-state index in [2.05, 4.69) is 36.3 Å². The number of nitrogens with one attached hydrogen (secondary N) is 1. The molecule has 7 heteroatoms. The minimum atomic E-state index is -0.268. The lowest BCUT2D eigenvalue weighted by atomic mass is 10.0.